The lowest BCUT2D eigenvalue weighted by atomic mass is 9.88. The van der Waals surface area contributed by atoms with E-state index in [0.29, 0.717) is 10.9 Å². The minimum Gasteiger partial charge on any atom is -0.476 e. The van der Waals surface area contributed by atoms with Crippen LogP contribution in [0.3, 0.4) is 0 Å². The molecule has 6 N–H and O–H groups in total. The Morgan fingerprint density at radius 3 is 2.61 bits per heavy atom. The maximum atomic E-state index is 12.2. The number of nitrogens with one attached hydrogen (secondary N) is 1. The minimum atomic E-state index is -2.55. The van der Waals surface area contributed by atoms with Crippen molar-refractivity contribution < 1.29 is 49.0 Å². The summed E-state index contributed by atoms with van der Waals surface area (Å²) >= 11 is 0. The average Bonchev–Trinajstić information content (AvgIpc) is 2.73. The van der Waals surface area contributed by atoms with Crippen molar-refractivity contribution in [1.29, 1.82) is 0 Å². The number of aliphatic carboxylic acids is 1. The zero-order valence-electron chi connectivity index (χ0n) is 17.8. The molecule has 180 valence electrons. The van der Waals surface area contributed by atoms with Gasteiger partial charge in [-0.2, -0.15) is 0 Å². The molecule has 1 saturated heterocycles. The van der Waals surface area contributed by atoms with E-state index in [2.05, 4.69) is 5.32 Å². The Bertz CT molecular complexity index is 1100. The number of rotatable bonds is 7. The van der Waals surface area contributed by atoms with E-state index < -0.39 is 66.8 Å². The highest BCUT2D eigenvalue weighted by Crippen LogP contribution is 2.35. The molecule has 33 heavy (non-hydrogen) atoms. The second-order valence-corrected chi connectivity index (χ2v) is 7.89. The molecule has 2 heterocycles. The molecule has 2 aromatic rings. The summed E-state index contributed by atoms with van der Waals surface area (Å²) in [5.41, 5.74) is 0.135. The third kappa shape index (κ3) is 4.99. The van der Waals surface area contributed by atoms with Gasteiger partial charge in [0.15, 0.2) is 0 Å². The number of fused-ring (bicyclic) bond motifs is 1. The van der Waals surface area contributed by atoms with Crippen molar-refractivity contribution in [2.24, 2.45) is 0 Å². The molecule has 0 saturated carbocycles. The summed E-state index contributed by atoms with van der Waals surface area (Å²) in [4.78, 5) is 35.5. The number of hydrogen-bond donors (Lipinski definition) is 6. The van der Waals surface area contributed by atoms with Gasteiger partial charge in [-0.15, -0.1) is 0 Å². The zero-order chi connectivity index (χ0) is 24.5. The van der Waals surface area contributed by atoms with Crippen LogP contribution >= 0.6 is 0 Å². The molecular formula is C21H25NO11. The molecule has 6 atom stereocenters. The first-order valence-electron chi connectivity index (χ1n) is 10.0. The number of carbonyl (C=O) groups excluding carboxylic acids is 1. The Morgan fingerprint density at radius 1 is 1.30 bits per heavy atom. The number of hydrogen-bond acceptors (Lipinski definition) is 10. The van der Waals surface area contributed by atoms with Crippen molar-refractivity contribution >= 4 is 22.8 Å². The highest BCUT2D eigenvalue weighted by molar-refractivity contribution is 5.82. The summed E-state index contributed by atoms with van der Waals surface area (Å²) in [5, 5.41) is 53.0. The maximum Gasteiger partial charge on any atom is 0.377 e. The minimum absolute atomic E-state index is 0.0835. The molecule has 1 aromatic heterocycles. The third-order valence-corrected chi connectivity index (χ3v) is 5.39. The number of carboxylic acid groups (broad SMARTS) is 1. The van der Waals surface area contributed by atoms with Crippen LogP contribution in [0.2, 0.25) is 0 Å². The summed E-state index contributed by atoms with van der Waals surface area (Å²) in [7, 11) is 0. The van der Waals surface area contributed by atoms with E-state index in [1.165, 1.54) is 18.2 Å². The van der Waals surface area contributed by atoms with Gasteiger partial charge in [-0.3, -0.25) is 4.79 Å². The Kier molecular flexibility index (Phi) is 7.05. The summed E-state index contributed by atoms with van der Waals surface area (Å²) < 4.78 is 16.3. The first-order chi connectivity index (χ1) is 15.5. The molecule has 0 radical (unpaired) electrons. The number of carbonyl (C=O) groups is 2. The molecule has 1 aliphatic heterocycles. The topological polar surface area (TPSA) is 196 Å². The first kappa shape index (κ1) is 24.6. The molecule has 0 spiro atoms. The molecule has 1 unspecified atom stereocenters. The summed E-state index contributed by atoms with van der Waals surface area (Å²) in [5.74, 6) is -4.90. The van der Waals surface area contributed by atoms with E-state index >= 15 is 0 Å². The highest BCUT2D eigenvalue weighted by Gasteiger charge is 2.56. The van der Waals surface area contributed by atoms with Gasteiger partial charge in [-0.05, 0) is 24.6 Å². The molecule has 0 aliphatic carbocycles. The van der Waals surface area contributed by atoms with E-state index in [0.717, 1.165) is 6.92 Å². The SMILES string of the molecule is CC(=O)N[C@H]1C([C@H](O)[C@H](O)CO)O[C@@](Oc2ccc3c(C)cc(=O)oc3c2)(C(=O)O)C[C@H]1O. The smallest absolute Gasteiger partial charge is 0.377 e. The number of aliphatic hydroxyl groups excluding tert-OH is 4. The van der Waals surface area contributed by atoms with Crippen LogP contribution in [0.1, 0.15) is 18.9 Å². The van der Waals surface area contributed by atoms with Crippen molar-refractivity contribution in [3.8, 4) is 5.75 Å². The van der Waals surface area contributed by atoms with Gasteiger partial charge in [0.1, 0.15) is 29.6 Å². The fourth-order valence-corrected chi connectivity index (χ4v) is 3.79. The Balaban J connectivity index is 2.01. The largest absolute Gasteiger partial charge is 0.476 e. The lowest BCUT2D eigenvalue weighted by molar-refractivity contribution is -0.284. The van der Waals surface area contributed by atoms with Crippen molar-refractivity contribution in [3.63, 3.8) is 0 Å². The monoisotopic (exact) mass is 467 g/mol. The van der Waals surface area contributed by atoms with Crippen LogP contribution in [-0.4, -0.2) is 80.3 Å². The van der Waals surface area contributed by atoms with Gasteiger partial charge in [0.25, 0.3) is 0 Å². The summed E-state index contributed by atoms with van der Waals surface area (Å²) in [6, 6.07) is 4.21. The standard InChI is InChI=1S/C21H25NO11/c1-9-5-16(27)31-15-6-11(3-4-12(9)15)32-21(20(29)30)7-13(25)17(22-10(2)24)19(33-21)18(28)14(26)8-23/h3-6,13-14,17-19,23,25-26,28H,7-8H2,1-2H3,(H,22,24)(H,29,30)/t13-,14-,17-,18-,19?,21-/m1/s1. The number of aryl methyl sites for hydroxylation is 1. The van der Waals surface area contributed by atoms with Gasteiger partial charge in [-0.25, -0.2) is 9.59 Å². The average molecular weight is 467 g/mol. The van der Waals surface area contributed by atoms with E-state index in [-0.39, 0.29) is 11.3 Å². The second kappa shape index (κ2) is 9.45. The van der Waals surface area contributed by atoms with Crippen LogP contribution in [0.5, 0.6) is 5.75 Å². The predicted molar refractivity (Wildman–Crippen MR) is 110 cm³/mol. The van der Waals surface area contributed by atoms with Crippen molar-refractivity contribution in [3.05, 3.63) is 40.2 Å². The fourth-order valence-electron chi connectivity index (χ4n) is 3.79. The number of benzene rings is 1. The van der Waals surface area contributed by atoms with Crippen LogP contribution in [-0.2, 0) is 14.3 Å². The van der Waals surface area contributed by atoms with Crippen LogP contribution in [0.25, 0.3) is 11.0 Å². The van der Waals surface area contributed by atoms with Crippen LogP contribution in [0.4, 0.5) is 0 Å². The summed E-state index contributed by atoms with van der Waals surface area (Å²) in [6.07, 6.45) is -7.56. The van der Waals surface area contributed by atoms with Crippen molar-refractivity contribution in [1.82, 2.24) is 5.32 Å². The van der Waals surface area contributed by atoms with Gasteiger partial charge >= 0.3 is 17.4 Å². The fraction of sp³-hybridized carbons (Fsp3) is 0.476. The molecule has 1 aromatic carbocycles. The zero-order valence-corrected chi connectivity index (χ0v) is 17.8. The Labute approximate surface area is 187 Å². The van der Waals surface area contributed by atoms with Gasteiger partial charge in [0.2, 0.25) is 5.91 Å². The van der Waals surface area contributed by atoms with Crippen molar-refractivity contribution in [2.75, 3.05) is 6.61 Å². The molecule has 0 bridgehead atoms. The number of amides is 1. The summed E-state index contributed by atoms with van der Waals surface area (Å²) in [6.45, 7) is 1.94. The van der Waals surface area contributed by atoms with Gasteiger partial charge in [0, 0.05) is 24.4 Å². The van der Waals surface area contributed by atoms with Gasteiger partial charge in [-0.1, -0.05) is 0 Å². The number of aliphatic hydroxyl groups is 4. The van der Waals surface area contributed by atoms with E-state index in [9.17, 15) is 39.9 Å². The predicted octanol–water partition coefficient (Wildman–Crippen LogP) is -1.37. The molecule has 1 amide bonds. The quantitative estimate of drug-likeness (QED) is 0.263. The molecule has 3 rings (SSSR count). The second-order valence-electron chi connectivity index (χ2n) is 7.89. The molecule has 1 fully saturated rings. The molecule has 1 aliphatic rings. The third-order valence-electron chi connectivity index (χ3n) is 5.39. The van der Waals surface area contributed by atoms with E-state index in [1.54, 1.807) is 13.0 Å². The number of carboxylic acids is 1. The van der Waals surface area contributed by atoms with E-state index in [1.807, 2.05) is 0 Å². The van der Waals surface area contributed by atoms with Crippen LogP contribution in [0, 0.1) is 6.92 Å². The van der Waals surface area contributed by atoms with Crippen molar-refractivity contribution in [2.45, 2.75) is 56.5 Å². The number of ether oxygens (including phenoxy) is 2. The normalized spacial score (nSPS) is 27.0. The molecule has 12 heteroatoms. The van der Waals surface area contributed by atoms with Crippen LogP contribution in [0.15, 0.2) is 33.5 Å². The maximum absolute atomic E-state index is 12.2. The first-order valence-corrected chi connectivity index (χ1v) is 10.0. The molecule has 12 nitrogen and oxygen atoms in total. The van der Waals surface area contributed by atoms with Gasteiger partial charge < -0.3 is 44.7 Å². The van der Waals surface area contributed by atoms with E-state index in [4.69, 9.17) is 13.9 Å². The lowest BCUT2D eigenvalue weighted by Gasteiger charge is -2.46. The Hall–Kier alpha value is -3.03. The Morgan fingerprint density at radius 2 is 2.00 bits per heavy atom. The van der Waals surface area contributed by atoms with Gasteiger partial charge in [0.05, 0.1) is 25.2 Å². The molecular weight excluding hydrogens is 442 g/mol. The van der Waals surface area contributed by atoms with Crippen LogP contribution < -0.4 is 15.7 Å². The highest BCUT2D eigenvalue weighted by atomic mass is 16.7. The lowest BCUT2D eigenvalue weighted by Crippen LogP contribution is -2.68.